The predicted molar refractivity (Wildman–Crippen MR) is 67.0 cm³/mol. The van der Waals surface area contributed by atoms with Gasteiger partial charge < -0.3 is 4.90 Å². The molecule has 0 spiro atoms. The van der Waals surface area contributed by atoms with Crippen LogP contribution in [0.2, 0.25) is 0 Å². The molecule has 1 rings (SSSR count). The van der Waals surface area contributed by atoms with Crippen molar-refractivity contribution < 1.29 is 4.79 Å². The summed E-state index contributed by atoms with van der Waals surface area (Å²) in [5.74, 6) is 0.102. The molecule has 1 amide bonds. The highest BCUT2D eigenvalue weighted by Crippen LogP contribution is 2.10. The molecule has 0 fully saturated rings. The maximum absolute atomic E-state index is 11.5. The maximum Gasteiger partial charge on any atom is 0.236 e. The lowest BCUT2D eigenvalue weighted by Crippen LogP contribution is -2.34. The fourth-order valence-electron chi connectivity index (χ4n) is 1.28. The van der Waals surface area contributed by atoms with Gasteiger partial charge in [-0.3, -0.25) is 14.7 Å². The van der Waals surface area contributed by atoms with E-state index >= 15 is 0 Å². The number of hydrogen-bond donors (Lipinski definition) is 0. The molecule has 0 unspecified atom stereocenters. The third kappa shape index (κ3) is 4.28. The number of halogens is 1. The first-order chi connectivity index (χ1) is 7.49. The average molecular weight is 286 g/mol. The zero-order chi connectivity index (χ0) is 12.1. The van der Waals surface area contributed by atoms with Crippen LogP contribution >= 0.6 is 15.9 Å². The Labute approximate surface area is 104 Å². The highest BCUT2D eigenvalue weighted by Gasteiger charge is 2.08. The van der Waals surface area contributed by atoms with Gasteiger partial charge in [0, 0.05) is 37.5 Å². The van der Waals surface area contributed by atoms with Crippen LogP contribution in [0.3, 0.4) is 0 Å². The molecule has 0 saturated heterocycles. The summed E-state index contributed by atoms with van der Waals surface area (Å²) in [5, 5.41) is 0. The summed E-state index contributed by atoms with van der Waals surface area (Å²) >= 11 is 3.37. The molecule has 1 aromatic heterocycles. The summed E-state index contributed by atoms with van der Waals surface area (Å²) in [4.78, 5) is 19.1. The summed E-state index contributed by atoms with van der Waals surface area (Å²) < 4.78 is 0.956. The van der Waals surface area contributed by atoms with E-state index in [0.717, 1.165) is 10.0 Å². The Morgan fingerprint density at radius 1 is 1.38 bits per heavy atom. The van der Waals surface area contributed by atoms with Gasteiger partial charge in [0.15, 0.2) is 0 Å². The second-order valence-corrected chi connectivity index (χ2v) is 4.89. The fourth-order valence-corrected chi connectivity index (χ4v) is 1.69. The number of carbonyl (C=O) groups is 1. The molecule has 0 aliphatic heterocycles. The van der Waals surface area contributed by atoms with Crippen molar-refractivity contribution in [1.29, 1.82) is 0 Å². The van der Waals surface area contributed by atoms with Gasteiger partial charge in [0.2, 0.25) is 5.91 Å². The minimum Gasteiger partial charge on any atom is -0.348 e. The zero-order valence-corrected chi connectivity index (χ0v) is 11.4. The first-order valence-corrected chi connectivity index (χ1v) is 5.76. The molecule has 0 aliphatic rings. The molecule has 1 heterocycles. The van der Waals surface area contributed by atoms with Crippen molar-refractivity contribution in [3.05, 3.63) is 28.5 Å². The van der Waals surface area contributed by atoms with Gasteiger partial charge in [0.05, 0.1) is 6.54 Å². The van der Waals surface area contributed by atoms with Gasteiger partial charge >= 0.3 is 0 Å². The van der Waals surface area contributed by atoms with Gasteiger partial charge in [-0.05, 0) is 34.6 Å². The Balaban J connectivity index is 2.51. The molecule has 88 valence electrons. The quantitative estimate of drug-likeness (QED) is 0.838. The van der Waals surface area contributed by atoms with E-state index < -0.39 is 0 Å². The molecule has 4 nitrogen and oxygen atoms in total. The molecule has 1 aromatic rings. The van der Waals surface area contributed by atoms with Crippen molar-refractivity contribution >= 4 is 21.8 Å². The van der Waals surface area contributed by atoms with Gasteiger partial charge in [-0.1, -0.05) is 0 Å². The van der Waals surface area contributed by atoms with Crippen molar-refractivity contribution in [2.45, 2.75) is 6.54 Å². The van der Waals surface area contributed by atoms with E-state index in [0.29, 0.717) is 13.1 Å². The van der Waals surface area contributed by atoms with Crippen LogP contribution in [0.5, 0.6) is 0 Å². The van der Waals surface area contributed by atoms with E-state index in [1.54, 1.807) is 31.4 Å². The van der Waals surface area contributed by atoms with Crippen LogP contribution in [0.1, 0.15) is 5.56 Å². The molecule has 16 heavy (non-hydrogen) atoms. The Morgan fingerprint density at radius 2 is 2.06 bits per heavy atom. The van der Waals surface area contributed by atoms with Crippen LogP contribution in [0.15, 0.2) is 22.9 Å². The molecule has 0 bridgehead atoms. The molecule has 0 aromatic carbocycles. The molecule has 0 radical (unpaired) electrons. The first kappa shape index (κ1) is 13.1. The van der Waals surface area contributed by atoms with E-state index in [2.05, 4.69) is 20.9 Å². The van der Waals surface area contributed by atoms with Crippen molar-refractivity contribution in [2.24, 2.45) is 0 Å². The van der Waals surface area contributed by atoms with Crippen LogP contribution in [0.25, 0.3) is 0 Å². The smallest absolute Gasteiger partial charge is 0.236 e. The molecule has 0 aliphatic carbocycles. The highest BCUT2D eigenvalue weighted by molar-refractivity contribution is 9.10. The van der Waals surface area contributed by atoms with Crippen LogP contribution in [0, 0.1) is 0 Å². The minimum absolute atomic E-state index is 0.102. The molecular formula is C11H16BrN3O. The second kappa shape index (κ2) is 5.96. The Hall–Kier alpha value is -0.940. The number of rotatable bonds is 4. The summed E-state index contributed by atoms with van der Waals surface area (Å²) in [5.41, 5.74) is 1.09. The van der Waals surface area contributed by atoms with Crippen molar-refractivity contribution in [3.63, 3.8) is 0 Å². The lowest BCUT2D eigenvalue weighted by Gasteiger charge is -2.18. The number of amides is 1. The average Bonchev–Trinajstić information content (AvgIpc) is 2.16. The SMILES string of the molecule is CN(CC(=O)N(C)C)Cc1cncc(Br)c1. The van der Waals surface area contributed by atoms with E-state index in [4.69, 9.17) is 0 Å². The molecular weight excluding hydrogens is 270 g/mol. The second-order valence-electron chi connectivity index (χ2n) is 3.97. The summed E-state index contributed by atoms with van der Waals surface area (Å²) in [7, 11) is 5.44. The normalized spacial score (nSPS) is 10.6. The van der Waals surface area contributed by atoms with Gasteiger partial charge in [-0.25, -0.2) is 0 Å². The molecule has 0 N–H and O–H groups in total. The van der Waals surface area contributed by atoms with E-state index in [1.165, 1.54) is 0 Å². The summed E-state index contributed by atoms with van der Waals surface area (Å²) in [6, 6.07) is 2.00. The van der Waals surface area contributed by atoms with Crippen LogP contribution in [0.4, 0.5) is 0 Å². The van der Waals surface area contributed by atoms with Gasteiger partial charge in [-0.2, -0.15) is 0 Å². The number of nitrogens with zero attached hydrogens (tertiary/aromatic N) is 3. The maximum atomic E-state index is 11.5. The number of carbonyl (C=O) groups excluding carboxylic acids is 1. The summed E-state index contributed by atoms with van der Waals surface area (Å²) in [6.07, 6.45) is 3.55. The van der Waals surface area contributed by atoms with Crippen molar-refractivity contribution in [1.82, 2.24) is 14.8 Å². The minimum atomic E-state index is 0.102. The zero-order valence-electron chi connectivity index (χ0n) is 9.77. The highest BCUT2D eigenvalue weighted by atomic mass is 79.9. The van der Waals surface area contributed by atoms with Crippen molar-refractivity contribution in [2.75, 3.05) is 27.7 Å². The number of pyridine rings is 1. The van der Waals surface area contributed by atoms with Gasteiger partial charge in [0.1, 0.15) is 0 Å². The lowest BCUT2D eigenvalue weighted by molar-refractivity contribution is -0.129. The van der Waals surface area contributed by atoms with Gasteiger partial charge in [0.25, 0.3) is 0 Å². The number of hydrogen-bond acceptors (Lipinski definition) is 3. The van der Waals surface area contributed by atoms with E-state index in [9.17, 15) is 4.79 Å². The third-order valence-corrected chi connectivity index (χ3v) is 2.55. The van der Waals surface area contributed by atoms with Gasteiger partial charge in [-0.15, -0.1) is 0 Å². The lowest BCUT2D eigenvalue weighted by atomic mass is 10.2. The number of aromatic nitrogens is 1. The Kier molecular flexibility index (Phi) is 4.89. The van der Waals surface area contributed by atoms with E-state index in [-0.39, 0.29) is 5.91 Å². The first-order valence-electron chi connectivity index (χ1n) is 4.97. The predicted octanol–water partition coefficient (Wildman–Crippen LogP) is 1.36. The topological polar surface area (TPSA) is 36.4 Å². The molecule has 0 saturated carbocycles. The van der Waals surface area contributed by atoms with Crippen LogP contribution in [-0.4, -0.2) is 48.4 Å². The van der Waals surface area contributed by atoms with Crippen LogP contribution < -0.4 is 0 Å². The monoisotopic (exact) mass is 285 g/mol. The summed E-state index contributed by atoms with van der Waals surface area (Å²) in [6.45, 7) is 1.13. The fraction of sp³-hybridized carbons (Fsp3) is 0.455. The largest absolute Gasteiger partial charge is 0.348 e. The van der Waals surface area contributed by atoms with Crippen LogP contribution in [-0.2, 0) is 11.3 Å². The standard InChI is InChI=1S/C11H16BrN3O/c1-14(2)11(16)8-15(3)7-9-4-10(12)6-13-5-9/h4-6H,7-8H2,1-3H3. The molecule has 0 atom stereocenters. The number of likely N-dealkylation sites (N-methyl/N-ethyl adjacent to an activating group) is 2. The third-order valence-electron chi connectivity index (χ3n) is 2.12. The van der Waals surface area contributed by atoms with Crippen molar-refractivity contribution in [3.8, 4) is 0 Å². The molecule has 5 heteroatoms. The van der Waals surface area contributed by atoms with E-state index in [1.807, 2.05) is 18.0 Å². The Morgan fingerprint density at radius 3 is 2.62 bits per heavy atom. The Bertz CT molecular complexity index is 368.